The quantitative estimate of drug-likeness (QED) is 0.599. The van der Waals surface area contributed by atoms with Crippen LogP contribution in [0.4, 0.5) is 5.69 Å². The summed E-state index contributed by atoms with van der Waals surface area (Å²) in [5.41, 5.74) is 3.54. The minimum Gasteiger partial charge on any atom is -0.492 e. The molecule has 0 saturated carbocycles. The highest BCUT2D eigenvalue weighted by atomic mass is 32.2. The lowest BCUT2D eigenvalue weighted by molar-refractivity contribution is 0.434. The number of para-hydroxylation sites is 1. The molecule has 6 nitrogen and oxygen atoms in total. The number of aromatic hydroxyl groups is 1. The first kappa shape index (κ1) is 18.6. The molecule has 1 aliphatic rings. The van der Waals surface area contributed by atoms with Gasteiger partial charge in [-0.1, -0.05) is 47.2 Å². The zero-order valence-electron chi connectivity index (χ0n) is 14.7. The van der Waals surface area contributed by atoms with Crippen LogP contribution in [0.3, 0.4) is 0 Å². The van der Waals surface area contributed by atoms with E-state index in [0.29, 0.717) is 4.88 Å². The first-order chi connectivity index (χ1) is 13.3. The van der Waals surface area contributed by atoms with E-state index in [-0.39, 0.29) is 14.7 Å². The van der Waals surface area contributed by atoms with Crippen molar-refractivity contribution in [2.45, 2.75) is 11.8 Å². The molecule has 0 spiro atoms. The Bertz CT molecular complexity index is 1280. The lowest BCUT2D eigenvalue weighted by Crippen LogP contribution is -2.22. The predicted molar refractivity (Wildman–Crippen MR) is 115 cm³/mol. The van der Waals surface area contributed by atoms with Crippen LogP contribution in [0.25, 0.3) is 11.6 Å². The summed E-state index contributed by atoms with van der Waals surface area (Å²) in [6, 6.07) is 14.0. The van der Waals surface area contributed by atoms with Crippen molar-refractivity contribution in [1.82, 2.24) is 4.68 Å². The highest BCUT2D eigenvalue weighted by Gasteiger charge is 2.20. The van der Waals surface area contributed by atoms with E-state index in [0.717, 1.165) is 38.4 Å². The van der Waals surface area contributed by atoms with Crippen LogP contribution in [0, 0.1) is 10.9 Å². The van der Waals surface area contributed by atoms with Gasteiger partial charge in [0.1, 0.15) is 0 Å². The molecule has 0 amide bonds. The van der Waals surface area contributed by atoms with Crippen LogP contribution < -0.4 is 4.83 Å². The Morgan fingerprint density at radius 1 is 1.18 bits per heavy atom. The number of aliphatic imine (C=N–C) groups is 1. The lowest BCUT2D eigenvalue weighted by Gasteiger charge is -2.10. The van der Waals surface area contributed by atoms with Crippen molar-refractivity contribution < 1.29 is 13.5 Å². The fourth-order valence-electron chi connectivity index (χ4n) is 2.74. The number of sulfonamides is 1. The fraction of sp³-hybridized carbons (Fsp3) is 0.0526. The number of nitrogens with zero attached hydrogens (tertiary/aromatic N) is 2. The van der Waals surface area contributed by atoms with Gasteiger partial charge in [-0.15, -0.1) is 0 Å². The smallest absolute Gasteiger partial charge is 0.275 e. The Kier molecular flexibility index (Phi) is 4.66. The van der Waals surface area contributed by atoms with Gasteiger partial charge in [0.15, 0.2) is 3.95 Å². The van der Waals surface area contributed by atoms with E-state index in [9.17, 15) is 13.5 Å². The van der Waals surface area contributed by atoms with Crippen molar-refractivity contribution in [1.29, 1.82) is 0 Å². The molecular formula is C19H15N3O3S3. The van der Waals surface area contributed by atoms with Gasteiger partial charge in [0, 0.05) is 17.4 Å². The molecular weight excluding hydrogens is 414 g/mol. The predicted octanol–water partition coefficient (Wildman–Crippen LogP) is 4.48. The molecule has 4 rings (SSSR count). The van der Waals surface area contributed by atoms with Crippen molar-refractivity contribution in [2.75, 3.05) is 4.83 Å². The molecule has 1 aliphatic heterocycles. The molecule has 28 heavy (non-hydrogen) atoms. The minimum atomic E-state index is -3.89. The lowest BCUT2D eigenvalue weighted by atomic mass is 10.1. The number of hydrogen-bond donors (Lipinski definition) is 2. The molecule has 2 heterocycles. The van der Waals surface area contributed by atoms with Gasteiger partial charge in [-0.3, -0.25) is 4.99 Å². The van der Waals surface area contributed by atoms with Gasteiger partial charge in [0.25, 0.3) is 10.0 Å². The maximum absolute atomic E-state index is 12.6. The summed E-state index contributed by atoms with van der Waals surface area (Å²) < 4.78 is 26.4. The SMILES string of the molecule is Cc1ccc(S(=O)(=O)Nn2c(O)c(C=C3C=Nc4ccccc43)sc2=S)cc1. The minimum absolute atomic E-state index is 0.0855. The van der Waals surface area contributed by atoms with Crippen molar-refractivity contribution in [3.8, 4) is 5.88 Å². The maximum Gasteiger partial charge on any atom is 0.275 e. The van der Waals surface area contributed by atoms with Crippen molar-refractivity contribution in [3.63, 3.8) is 0 Å². The standard InChI is InChI=1S/C19H15N3O3S3/c1-12-6-8-14(9-7-12)28(24,25)21-22-18(23)17(27-19(22)26)10-13-11-20-16-5-3-2-4-15(13)16/h2-11,21,23H,1H3. The molecule has 0 aliphatic carbocycles. The number of aromatic nitrogens is 1. The molecule has 0 saturated heterocycles. The number of nitrogens with one attached hydrogen (secondary N) is 1. The number of thiazole rings is 1. The van der Waals surface area contributed by atoms with Crippen LogP contribution in [-0.4, -0.2) is 24.4 Å². The number of benzene rings is 2. The van der Waals surface area contributed by atoms with E-state index in [1.807, 2.05) is 31.2 Å². The first-order valence-corrected chi connectivity index (χ1v) is 11.0. The summed E-state index contributed by atoms with van der Waals surface area (Å²) in [7, 11) is -3.89. The van der Waals surface area contributed by atoms with Crippen LogP contribution in [-0.2, 0) is 10.0 Å². The second-order valence-corrected chi connectivity index (χ2v) is 9.51. The molecule has 2 N–H and O–H groups in total. The second-order valence-electron chi connectivity index (χ2n) is 6.17. The summed E-state index contributed by atoms with van der Waals surface area (Å²) >= 11 is 6.35. The number of rotatable bonds is 4. The van der Waals surface area contributed by atoms with Gasteiger partial charge in [-0.25, -0.2) is 4.83 Å². The molecule has 9 heteroatoms. The molecule has 0 atom stereocenters. The number of aryl methyl sites for hydroxylation is 1. The zero-order chi connectivity index (χ0) is 19.9. The number of fused-ring (bicyclic) bond motifs is 1. The average Bonchev–Trinajstić information content (AvgIpc) is 3.19. The number of allylic oxidation sites excluding steroid dienone is 1. The Balaban J connectivity index is 1.69. The Hall–Kier alpha value is -2.75. The summed E-state index contributed by atoms with van der Waals surface area (Å²) in [6.07, 6.45) is 3.44. The third-order valence-corrected chi connectivity index (χ3v) is 6.82. The Morgan fingerprint density at radius 3 is 2.64 bits per heavy atom. The first-order valence-electron chi connectivity index (χ1n) is 8.24. The van der Waals surface area contributed by atoms with Crippen molar-refractivity contribution in [3.05, 3.63) is 68.5 Å². The molecule has 0 unspecified atom stereocenters. The van der Waals surface area contributed by atoms with Crippen LogP contribution in [0.5, 0.6) is 5.88 Å². The normalized spacial score (nSPS) is 14.4. The van der Waals surface area contributed by atoms with Crippen LogP contribution in [0.15, 0.2) is 58.4 Å². The van der Waals surface area contributed by atoms with Gasteiger partial charge >= 0.3 is 0 Å². The van der Waals surface area contributed by atoms with Crippen molar-refractivity contribution in [2.24, 2.45) is 4.99 Å². The number of hydrogen-bond acceptors (Lipinski definition) is 6. The maximum atomic E-state index is 12.6. The summed E-state index contributed by atoms with van der Waals surface area (Å²) in [4.78, 5) is 7.19. The summed E-state index contributed by atoms with van der Waals surface area (Å²) in [5.74, 6) is -0.268. The Labute approximate surface area is 171 Å². The second kappa shape index (κ2) is 7.01. The molecule has 0 fully saturated rings. The van der Waals surface area contributed by atoms with E-state index in [2.05, 4.69) is 9.82 Å². The van der Waals surface area contributed by atoms with Gasteiger partial charge in [-0.2, -0.15) is 13.1 Å². The van der Waals surface area contributed by atoms with E-state index >= 15 is 0 Å². The van der Waals surface area contributed by atoms with Gasteiger partial charge in [0.2, 0.25) is 5.88 Å². The molecule has 0 radical (unpaired) electrons. The zero-order valence-corrected chi connectivity index (χ0v) is 17.1. The molecule has 142 valence electrons. The van der Waals surface area contributed by atoms with E-state index in [4.69, 9.17) is 12.2 Å². The monoisotopic (exact) mass is 429 g/mol. The molecule has 2 aromatic carbocycles. The van der Waals surface area contributed by atoms with E-state index in [1.54, 1.807) is 24.4 Å². The van der Waals surface area contributed by atoms with Crippen molar-refractivity contribution >= 4 is 57.1 Å². The topological polar surface area (TPSA) is 83.7 Å². The van der Waals surface area contributed by atoms with Crippen LogP contribution in [0.2, 0.25) is 0 Å². The fourth-order valence-corrected chi connectivity index (χ4v) is 5.06. The molecule has 3 aromatic rings. The van der Waals surface area contributed by atoms with Crippen LogP contribution in [0.1, 0.15) is 16.0 Å². The third kappa shape index (κ3) is 3.39. The van der Waals surface area contributed by atoms with Gasteiger partial charge in [-0.05, 0) is 43.4 Å². The van der Waals surface area contributed by atoms with Crippen LogP contribution >= 0.6 is 23.6 Å². The third-order valence-electron chi connectivity index (χ3n) is 4.20. The van der Waals surface area contributed by atoms with E-state index in [1.165, 1.54) is 12.1 Å². The molecule has 1 aromatic heterocycles. The van der Waals surface area contributed by atoms with Gasteiger partial charge < -0.3 is 5.11 Å². The summed E-state index contributed by atoms with van der Waals surface area (Å²) in [6.45, 7) is 1.87. The average molecular weight is 430 g/mol. The van der Waals surface area contributed by atoms with Gasteiger partial charge in [0.05, 0.1) is 15.5 Å². The highest BCUT2D eigenvalue weighted by molar-refractivity contribution is 7.92. The van der Waals surface area contributed by atoms with E-state index < -0.39 is 10.0 Å². The largest absolute Gasteiger partial charge is 0.492 e. The molecule has 0 bridgehead atoms. The highest BCUT2D eigenvalue weighted by Crippen LogP contribution is 2.35. The Morgan fingerprint density at radius 2 is 1.89 bits per heavy atom. The summed E-state index contributed by atoms with van der Waals surface area (Å²) in [5, 5.41) is 10.6.